The quantitative estimate of drug-likeness (QED) is 0.663. The molecule has 0 unspecified atom stereocenters. The fourth-order valence-corrected chi connectivity index (χ4v) is 2.10. The van der Waals surface area contributed by atoms with Crippen LogP contribution >= 0.6 is 39.7 Å². The molecule has 13 heavy (non-hydrogen) atoms. The van der Waals surface area contributed by atoms with Crippen molar-refractivity contribution in [1.82, 2.24) is 9.97 Å². The van der Waals surface area contributed by atoms with Crippen LogP contribution in [-0.2, 0) is 5.88 Å². The minimum absolute atomic E-state index is 0.386. The van der Waals surface area contributed by atoms with Crippen LogP contribution in [0.3, 0.4) is 0 Å². The van der Waals surface area contributed by atoms with Gasteiger partial charge in [-0.2, -0.15) is 0 Å². The molecular formula is C8H8BrClN2S. The van der Waals surface area contributed by atoms with Crippen LogP contribution in [0.1, 0.15) is 30.3 Å². The van der Waals surface area contributed by atoms with Gasteiger partial charge in [0.2, 0.25) is 0 Å². The van der Waals surface area contributed by atoms with Crippen LogP contribution in [0.4, 0.5) is 0 Å². The molecule has 1 aliphatic carbocycles. The maximum Gasteiger partial charge on any atom is 0.144 e. The van der Waals surface area contributed by atoms with Crippen LogP contribution in [0.25, 0.3) is 0 Å². The van der Waals surface area contributed by atoms with E-state index in [4.69, 9.17) is 23.8 Å². The second-order valence-corrected chi connectivity index (χ2v) is 4.57. The number of H-pyrrole nitrogens is 1. The van der Waals surface area contributed by atoms with Gasteiger partial charge in [-0.1, -0.05) is 12.2 Å². The minimum atomic E-state index is 0.386. The van der Waals surface area contributed by atoms with Gasteiger partial charge >= 0.3 is 0 Å². The highest BCUT2D eigenvalue weighted by molar-refractivity contribution is 9.10. The summed E-state index contributed by atoms with van der Waals surface area (Å²) < 4.78 is 1.54. The molecule has 0 atom stereocenters. The van der Waals surface area contributed by atoms with Crippen LogP contribution in [0, 0.1) is 4.64 Å². The van der Waals surface area contributed by atoms with E-state index in [0.29, 0.717) is 16.4 Å². The van der Waals surface area contributed by atoms with E-state index in [9.17, 15) is 0 Å². The summed E-state index contributed by atoms with van der Waals surface area (Å²) in [6.07, 6.45) is 2.46. The lowest BCUT2D eigenvalue weighted by Gasteiger charge is -2.04. The summed E-state index contributed by atoms with van der Waals surface area (Å²) in [7, 11) is 0. The Hall–Kier alpha value is 0.0700. The van der Waals surface area contributed by atoms with Gasteiger partial charge in [0, 0.05) is 11.6 Å². The molecular weight excluding hydrogens is 272 g/mol. The first kappa shape index (κ1) is 9.62. The molecule has 1 aliphatic rings. The lowest BCUT2D eigenvalue weighted by Crippen LogP contribution is -1.98. The summed E-state index contributed by atoms with van der Waals surface area (Å²) in [6.45, 7) is 0. The predicted octanol–water partition coefficient (Wildman–Crippen LogP) is 3.52. The van der Waals surface area contributed by atoms with E-state index in [1.54, 1.807) is 0 Å². The lowest BCUT2D eigenvalue weighted by molar-refractivity contribution is 0.910. The van der Waals surface area contributed by atoms with Crippen LogP contribution in [-0.4, -0.2) is 9.97 Å². The Morgan fingerprint density at radius 1 is 1.62 bits per heavy atom. The van der Waals surface area contributed by atoms with Gasteiger partial charge in [-0.3, -0.25) is 0 Å². The number of alkyl halides is 1. The topological polar surface area (TPSA) is 28.7 Å². The van der Waals surface area contributed by atoms with E-state index in [0.717, 1.165) is 16.0 Å². The van der Waals surface area contributed by atoms with Gasteiger partial charge in [-0.25, -0.2) is 4.98 Å². The molecule has 1 fully saturated rings. The molecule has 1 aromatic rings. The Kier molecular flexibility index (Phi) is 2.72. The van der Waals surface area contributed by atoms with Gasteiger partial charge < -0.3 is 4.98 Å². The van der Waals surface area contributed by atoms with E-state index in [-0.39, 0.29) is 0 Å². The van der Waals surface area contributed by atoms with E-state index in [2.05, 4.69) is 25.9 Å². The number of aromatic amines is 1. The summed E-state index contributed by atoms with van der Waals surface area (Å²) in [4.78, 5) is 7.35. The molecule has 1 heterocycles. The molecule has 2 rings (SSSR count). The van der Waals surface area contributed by atoms with Crippen LogP contribution in [0.15, 0.2) is 4.47 Å². The number of aromatic nitrogens is 2. The first-order chi connectivity index (χ1) is 6.22. The highest BCUT2D eigenvalue weighted by atomic mass is 79.9. The molecule has 0 aliphatic heterocycles. The lowest BCUT2D eigenvalue weighted by atomic mass is 10.3. The van der Waals surface area contributed by atoms with Crippen molar-refractivity contribution in [3.8, 4) is 0 Å². The summed E-state index contributed by atoms with van der Waals surface area (Å²) in [5, 5.41) is 0. The van der Waals surface area contributed by atoms with Crippen molar-refractivity contribution in [2.24, 2.45) is 0 Å². The monoisotopic (exact) mass is 278 g/mol. The van der Waals surface area contributed by atoms with E-state index < -0.39 is 0 Å². The second kappa shape index (κ2) is 3.67. The van der Waals surface area contributed by atoms with E-state index in [1.807, 2.05) is 0 Å². The Morgan fingerprint density at radius 3 is 2.85 bits per heavy atom. The fraction of sp³-hybridized carbons (Fsp3) is 0.500. The van der Waals surface area contributed by atoms with Crippen LogP contribution in [0.5, 0.6) is 0 Å². The molecule has 5 heteroatoms. The van der Waals surface area contributed by atoms with Crippen molar-refractivity contribution >= 4 is 39.7 Å². The van der Waals surface area contributed by atoms with Gasteiger partial charge in [0.15, 0.2) is 0 Å². The Labute approximate surface area is 94.9 Å². The zero-order chi connectivity index (χ0) is 9.42. The summed E-state index contributed by atoms with van der Waals surface area (Å²) in [5.41, 5.74) is 1.16. The van der Waals surface area contributed by atoms with Crippen molar-refractivity contribution in [3.63, 3.8) is 0 Å². The highest BCUT2D eigenvalue weighted by Crippen LogP contribution is 2.42. The van der Waals surface area contributed by atoms with Crippen molar-refractivity contribution in [1.29, 1.82) is 0 Å². The number of nitrogens with zero attached hydrogens (tertiary/aromatic N) is 1. The van der Waals surface area contributed by atoms with E-state index >= 15 is 0 Å². The van der Waals surface area contributed by atoms with Crippen molar-refractivity contribution in [3.05, 3.63) is 20.6 Å². The largest absolute Gasteiger partial charge is 0.345 e. The molecule has 2 nitrogen and oxygen atoms in total. The molecule has 1 saturated carbocycles. The fourth-order valence-electron chi connectivity index (χ4n) is 1.24. The molecule has 0 amide bonds. The van der Waals surface area contributed by atoms with Gasteiger partial charge in [-0.05, 0) is 28.8 Å². The molecule has 0 radical (unpaired) electrons. The normalized spacial score (nSPS) is 16.2. The van der Waals surface area contributed by atoms with Gasteiger partial charge in [-0.15, -0.1) is 11.6 Å². The Bertz CT molecular complexity index is 386. The minimum Gasteiger partial charge on any atom is -0.345 e. The summed E-state index contributed by atoms with van der Waals surface area (Å²) in [5.74, 6) is 1.77. The number of hydrogen-bond acceptors (Lipinski definition) is 2. The van der Waals surface area contributed by atoms with Gasteiger partial charge in [0.05, 0.1) is 10.4 Å². The third-order valence-electron chi connectivity index (χ3n) is 2.05. The average Bonchev–Trinajstić information content (AvgIpc) is 2.92. The smallest absolute Gasteiger partial charge is 0.144 e. The SMILES string of the molecule is S=c1nc(CCl)[nH]c(C2CC2)c1Br. The van der Waals surface area contributed by atoms with Gasteiger partial charge in [0.1, 0.15) is 10.5 Å². The highest BCUT2D eigenvalue weighted by Gasteiger charge is 2.27. The van der Waals surface area contributed by atoms with Crippen molar-refractivity contribution in [2.45, 2.75) is 24.6 Å². The Morgan fingerprint density at radius 2 is 2.31 bits per heavy atom. The molecule has 1 N–H and O–H groups in total. The summed E-state index contributed by atoms with van der Waals surface area (Å²) in [6, 6.07) is 0. The predicted molar refractivity (Wildman–Crippen MR) is 58.7 cm³/mol. The maximum atomic E-state index is 5.69. The first-order valence-corrected chi connectivity index (χ1v) is 5.80. The van der Waals surface area contributed by atoms with Gasteiger partial charge in [0.25, 0.3) is 0 Å². The standard InChI is InChI=1S/C8H8BrClN2S/c9-6-7(4-1-2-4)11-5(3-10)12-8(6)13/h4H,1-3H2,(H,11,12,13). The van der Waals surface area contributed by atoms with E-state index in [1.165, 1.54) is 12.8 Å². The van der Waals surface area contributed by atoms with Crippen molar-refractivity contribution < 1.29 is 0 Å². The average molecular weight is 280 g/mol. The third-order valence-corrected chi connectivity index (χ3v) is 3.67. The molecule has 0 saturated heterocycles. The molecule has 0 bridgehead atoms. The molecule has 0 spiro atoms. The molecule has 70 valence electrons. The van der Waals surface area contributed by atoms with Crippen LogP contribution < -0.4 is 0 Å². The zero-order valence-corrected chi connectivity index (χ0v) is 9.97. The molecule has 0 aromatic carbocycles. The van der Waals surface area contributed by atoms with Crippen LogP contribution in [0.2, 0.25) is 0 Å². The first-order valence-electron chi connectivity index (χ1n) is 4.07. The third kappa shape index (κ3) is 1.95. The second-order valence-electron chi connectivity index (χ2n) is 3.12. The summed E-state index contributed by atoms with van der Waals surface area (Å²) >= 11 is 14.2. The Balaban J connectivity index is 2.52. The van der Waals surface area contributed by atoms with Crippen molar-refractivity contribution in [2.75, 3.05) is 0 Å². The zero-order valence-electron chi connectivity index (χ0n) is 6.81. The maximum absolute atomic E-state index is 5.69. The number of hydrogen-bond donors (Lipinski definition) is 1. The number of halogens is 2. The number of nitrogens with one attached hydrogen (secondary N) is 1. The molecule has 1 aromatic heterocycles. The number of rotatable bonds is 2.